The Labute approximate surface area is 105 Å². The number of nitrogens with one attached hydrogen (secondary N) is 1. The van der Waals surface area contributed by atoms with Crippen LogP contribution < -0.4 is 10.1 Å². The number of hydrogen-bond donors (Lipinski definition) is 1. The van der Waals surface area contributed by atoms with E-state index < -0.39 is 0 Å². The predicted molar refractivity (Wildman–Crippen MR) is 63.4 cm³/mol. The zero-order valence-corrected chi connectivity index (χ0v) is 10.6. The lowest BCUT2D eigenvalue weighted by atomic mass is 10.2. The third-order valence-electron chi connectivity index (χ3n) is 2.82. The highest BCUT2D eigenvalue weighted by molar-refractivity contribution is 6.28. The molecule has 2 unspecified atom stereocenters. The average Bonchev–Trinajstić information content (AvgIpc) is 2.76. The highest BCUT2D eigenvalue weighted by Crippen LogP contribution is 2.24. The molecule has 0 radical (unpaired) electrons. The molecule has 0 bridgehead atoms. The first-order valence-electron chi connectivity index (χ1n) is 5.46. The number of methoxy groups -OCH3 is 2. The van der Waals surface area contributed by atoms with Gasteiger partial charge in [-0.05, 0) is 30.9 Å². The SMILES string of the molecule is COc1nc(Cl)nc(NC2CCC(OC)C2)n1. The van der Waals surface area contributed by atoms with Crippen LogP contribution in [0, 0.1) is 0 Å². The zero-order chi connectivity index (χ0) is 12.3. The second-order valence-corrected chi connectivity index (χ2v) is 4.26. The molecule has 1 saturated carbocycles. The van der Waals surface area contributed by atoms with E-state index in [0.29, 0.717) is 18.1 Å². The van der Waals surface area contributed by atoms with E-state index in [1.54, 1.807) is 7.11 Å². The van der Waals surface area contributed by atoms with Crippen molar-refractivity contribution in [3.8, 4) is 6.01 Å². The van der Waals surface area contributed by atoms with Crippen LogP contribution in [0.4, 0.5) is 5.95 Å². The number of ether oxygens (including phenoxy) is 2. The number of hydrogen-bond acceptors (Lipinski definition) is 6. The van der Waals surface area contributed by atoms with Gasteiger partial charge in [-0.15, -0.1) is 0 Å². The molecule has 2 rings (SSSR count). The van der Waals surface area contributed by atoms with Crippen molar-refractivity contribution in [2.75, 3.05) is 19.5 Å². The lowest BCUT2D eigenvalue weighted by Gasteiger charge is -2.12. The van der Waals surface area contributed by atoms with Crippen molar-refractivity contribution in [3.05, 3.63) is 5.28 Å². The monoisotopic (exact) mass is 258 g/mol. The fraction of sp³-hybridized carbons (Fsp3) is 0.700. The van der Waals surface area contributed by atoms with Crippen LogP contribution in [-0.4, -0.2) is 41.3 Å². The van der Waals surface area contributed by atoms with Crippen molar-refractivity contribution in [2.24, 2.45) is 0 Å². The molecule has 6 nitrogen and oxygen atoms in total. The zero-order valence-electron chi connectivity index (χ0n) is 9.81. The lowest BCUT2D eigenvalue weighted by Crippen LogP contribution is -2.19. The Balaban J connectivity index is 2.01. The molecular weight excluding hydrogens is 244 g/mol. The third-order valence-corrected chi connectivity index (χ3v) is 2.99. The maximum atomic E-state index is 5.76. The van der Waals surface area contributed by atoms with Gasteiger partial charge in [-0.2, -0.15) is 15.0 Å². The van der Waals surface area contributed by atoms with Crippen molar-refractivity contribution in [3.63, 3.8) is 0 Å². The Morgan fingerprint density at radius 2 is 2.06 bits per heavy atom. The predicted octanol–water partition coefficient (Wildman–Crippen LogP) is 1.51. The second kappa shape index (κ2) is 5.46. The van der Waals surface area contributed by atoms with Crippen LogP contribution in [0.3, 0.4) is 0 Å². The number of rotatable bonds is 4. The summed E-state index contributed by atoms with van der Waals surface area (Å²) in [6, 6.07) is 0.525. The van der Waals surface area contributed by atoms with Crippen molar-refractivity contribution in [1.82, 2.24) is 15.0 Å². The van der Waals surface area contributed by atoms with Gasteiger partial charge in [0.2, 0.25) is 11.2 Å². The van der Waals surface area contributed by atoms with Gasteiger partial charge >= 0.3 is 6.01 Å². The first-order valence-corrected chi connectivity index (χ1v) is 5.84. The molecular formula is C10H15ClN4O2. The summed E-state index contributed by atoms with van der Waals surface area (Å²) in [6.07, 6.45) is 3.34. The molecule has 0 aromatic carbocycles. The summed E-state index contributed by atoms with van der Waals surface area (Å²) < 4.78 is 10.2. The summed E-state index contributed by atoms with van der Waals surface area (Å²) >= 11 is 5.76. The second-order valence-electron chi connectivity index (χ2n) is 3.93. The molecule has 2 atom stereocenters. The summed E-state index contributed by atoms with van der Waals surface area (Å²) in [7, 11) is 3.22. The molecule has 7 heteroatoms. The van der Waals surface area contributed by atoms with Crippen molar-refractivity contribution in [1.29, 1.82) is 0 Å². The van der Waals surface area contributed by atoms with Crippen LogP contribution in [0.5, 0.6) is 6.01 Å². The molecule has 0 amide bonds. The molecule has 1 aromatic heterocycles. The smallest absolute Gasteiger partial charge is 0.322 e. The van der Waals surface area contributed by atoms with E-state index in [1.807, 2.05) is 0 Å². The van der Waals surface area contributed by atoms with E-state index in [1.165, 1.54) is 7.11 Å². The molecule has 17 heavy (non-hydrogen) atoms. The first-order chi connectivity index (χ1) is 8.21. The van der Waals surface area contributed by atoms with Crippen molar-refractivity contribution < 1.29 is 9.47 Å². The average molecular weight is 259 g/mol. The Bertz CT molecular complexity index is 391. The fourth-order valence-corrected chi connectivity index (χ4v) is 2.11. The molecule has 0 spiro atoms. The fourth-order valence-electron chi connectivity index (χ4n) is 1.96. The number of halogens is 1. The van der Waals surface area contributed by atoms with Gasteiger partial charge in [0, 0.05) is 13.2 Å². The van der Waals surface area contributed by atoms with Gasteiger partial charge in [-0.25, -0.2) is 0 Å². The van der Waals surface area contributed by atoms with Crippen LogP contribution in [0.25, 0.3) is 0 Å². The molecule has 1 heterocycles. The third kappa shape index (κ3) is 3.17. The minimum atomic E-state index is 0.126. The van der Waals surface area contributed by atoms with Gasteiger partial charge in [-0.3, -0.25) is 0 Å². The highest BCUT2D eigenvalue weighted by Gasteiger charge is 2.25. The number of anilines is 1. The molecule has 0 aliphatic heterocycles. The quantitative estimate of drug-likeness (QED) is 0.883. The minimum absolute atomic E-state index is 0.126. The summed E-state index contributed by atoms with van der Waals surface area (Å²) in [5, 5.41) is 3.34. The van der Waals surface area contributed by atoms with Gasteiger partial charge in [0.1, 0.15) is 0 Å². The van der Waals surface area contributed by atoms with Crippen LogP contribution >= 0.6 is 11.6 Å². The Morgan fingerprint density at radius 3 is 2.71 bits per heavy atom. The topological polar surface area (TPSA) is 69.2 Å². The van der Waals surface area contributed by atoms with E-state index in [0.717, 1.165) is 19.3 Å². The molecule has 94 valence electrons. The van der Waals surface area contributed by atoms with Crippen LogP contribution in [0.2, 0.25) is 5.28 Å². The minimum Gasteiger partial charge on any atom is -0.467 e. The summed E-state index contributed by atoms with van der Waals surface area (Å²) in [4.78, 5) is 11.9. The summed E-state index contributed by atoms with van der Waals surface area (Å²) in [6.45, 7) is 0. The van der Waals surface area contributed by atoms with Gasteiger partial charge in [0.05, 0.1) is 13.2 Å². The van der Waals surface area contributed by atoms with Crippen molar-refractivity contribution >= 4 is 17.5 Å². The van der Waals surface area contributed by atoms with Crippen molar-refractivity contribution in [2.45, 2.75) is 31.4 Å². The maximum absolute atomic E-state index is 5.76. The Hall–Kier alpha value is -1.14. The van der Waals surface area contributed by atoms with Crippen LogP contribution in [-0.2, 0) is 4.74 Å². The van der Waals surface area contributed by atoms with E-state index in [2.05, 4.69) is 20.3 Å². The van der Waals surface area contributed by atoms with E-state index in [9.17, 15) is 0 Å². The summed E-state index contributed by atoms with van der Waals surface area (Å²) in [5.74, 6) is 0.448. The molecule has 1 fully saturated rings. The van der Waals surface area contributed by atoms with Crippen LogP contribution in [0.1, 0.15) is 19.3 Å². The molecule has 1 aliphatic rings. The lowest BCUT2D eigenvalue weighted by molar-refractivity contribution is 0.108. The Morgan fingerprint density at radius 1 is 1.24 bits per heavy atom. The number of nitrogens with zero attached hydrogens (tertiary/aromatic N) is 3. The maximum Gasteiger partial charge on any atom is 0.322 e. The first kappa shape index (κ1) is 12.3. The standard InChI is InChI=1S/C10H15ClN4O2/c1-16-7-4-3-6(5-7)12-9-13-8(11)14-10(15-9)17-2/h6-7H,3-5H2,1-2H3,(H,12,13,14,15). The highest BCUT2D eigenvalue weighted by atomic mass is 35.5. The van der Waals surface area contributed by atoms with Gasteiger partial charge in [0.25, 0.3) is 0 Å². The molecule has 0 saturated heterocycles. The largest absolute Gasteiger partial charge is 0.467 e. The normalized spacial score (nSPS) is 23.7. The van der Waals surface area contributed by atoms with E-state index in [4.69, 9.17) is 21.1 Å². The Kier molecular flexibility index (Phi) is 3.96. The van der Waals surface area contributed by atoms with E-state index in [-0.39, 0.29) is 11.3 Å². The van der Waals surface area contributed by atoms with Gasteiger partial charge < -0.3 is 14.8 Å². The van der Waals surface area contributed by atoms with Gasteiger partial charge in [-0.1, -0.05) is 0 Å². The number of aromatic nitrogens is 3. The molecule has 1 aliphatic carbocycles. The molecule has 1 aromatic rings. The van der Waals surface area contributed by atoms with E-state index >= 15 is 0 Å². The molecule has 1 N–H and O–H groups in total. The van der Waals surface area contributed by atoms with Gasteiger partial charge in [0.15, 0.2) is 0 Å². The van der Waals surface area contributed by atoms with Crippen LogP contribution in [0.15, 0.2) is 0 Å². The summed E-state index contributed by atoms with van der Waals surface area (Å²) in [5.41, 5.74) is 0.